The van der Waals surface area contributed by atoms with Gasteiger partial charge >= 0.3 is 0 Å². The van der Waals surface area contributed by atoms with E-state index in [1.165, 1.54) is 0 Å². The first-order chi connectivity index (χ1) is 4.20. The van der Waals surface area contributed by atoms with Gasteiger partial charge in [0.15, 0.2) is 0 Å². The van der Waals surface area contributed by atoms with Crippen LogP contribution in [0.15, 0.2) is 11.1 Å². The maximum absolute atomic E-state index is 10.7. The second-order valence-corrected chi connectivity index (χ2v) is 2.29. The molecule has 0 aliphatic heterocycles. The van der Waals surface area contributed by atoms with Crippen molar-refractivity contribution in [3.8, 4) is 0 Å². The van der Waals surface area contributed by atoms with Crippen molar-refractivity contribution >= 4 is 17.4 Å². The number of hydrogen-bond acceptors (Lipinski definition) is 1. The van der Waals surface area contributed by atoms with Gasteiger partial charge in [0, 0.05) is 17.9 Å². The first-order valence-corrected chi connectivity index (χ1v) is 3.40. The summed E-state index contributed by atoms with van der Waals surface area (Å²) in [5.74, 6) is 0.193. The van der Waals surface area contributed by atoms with Gasteiger partial charge in [-0.3, -0.25) is 4.79 Å². The molecule has 0 aromatic carbocycles. The number of hydrogen-bond donors (Lipinski definition) is 0. The Hall–Kier alpha value is -0.300. The van der Waals surface area contributed by atoms with Gasteiger partial charge in [-0.05, 0) is 6.92 Å². The standard InChI is InChI=1S/C7H11ClO/c1-3-6(8)5-7(9)4-2/h3H,4-5H2,1-2H3. The summed E-state index contributed by atoms with van der Waals surface area (Å²) in [6, 6.07) is 0. The molecule has 0 spiro atoms. The van der Waals surface area contributed by atoms with E-state index in [4.69, 9.17) is 11.6 Å². The van der Waals surface area contributed by atoms with E-state index < -0.39 is 0 Å². The van der Waals surface area contributed by atoms with E-state index in [-0.39, 0.29) is 5.78 Å². The summed E-state index contributed by atoms with van der Waals surface area (Å²) in [6.07, 6.45) is 2.72. The summed E-state index contributed by atoms with van der Waals surface area (Å²) in [4.78, 5) is 10.7. The molecule has 0 aliphatic rings. The molecule has 0 radical (unpaired) electrons. The lowest BCUT2D eigenvalue weighted by molar-refractivity contribution is -0.118. The van der Waals surface area contributed by atoms with Gasteiger partial charge in [-0.1, -0.05) is 24.6 Å². The van der Waals surface area contributed by atoms with Crippen molar-refractivity contribution in [1.29, 1.82) is 0 Å². The lowest BCUT2D eigenvalue weighted by Gasteiger charge is -1.92. The van der Waals surface area contributed by atoms with Crippen LogP contribution in [0.4, 0.5) is 0 Å². The third kappa shape index (κ3) is 4.22. The van der Waals surface area contributed by atoms with E-state index >= 15 is 0 Å². The predicted octanol–water partition coefficient (Wildman–Crippen LogP) is 2.50. The van der Waals surface area contributed by atoms with Gasteiger partial charge < -0.3 is 0 Å². The van der Waals surface area contributed by atoms with Crippen LogP contribution < -0.4 is 0 Å². The molecule has 0 saturated carbocycles. The van der Waals surface area contributed by atoms with Crippen molar-refractivity contribution in [3.05, 3.63) is 11.1 Å². The van der Waals surface area contributed by atoms with Gasteiger partial charge in [-0.15, -0.1) is 0 Å². The van der Waals surface area contributed by atoms with Crippen LogP contribution in [0.2, 0.25) is 0 Å². The molecule has 0 unspecified atom stereocenters. The molecular weight excluding hydrogens is 136 g/mol. The fourth-order valence-corrected chi connectivity index (χ4v) is 0.564. The molecule has 9 heavy (non-hydrogen) atoms. The zero-order chi connectivity index (χ0) is 7.28. The van der Waals surface area contributed by atoms with E-state index in [0.717, 1.165) is 0 Å². The van der Waals surface area contributed by atoms with Crippen molar-refractivity contribution in [3.63, 3.8) is 0 Å². The highest BCUT2D eigenvalue weighted by Gasteiger charge is 1.98. The van der Waals surface area contributed by atoms with Gasteiger partial charge in [0.25, 0.3) is 0 Å². The minimum absolute atomic E-state index is 0.193. The number of allylic oxidation sites excluding steroid dienone is 2. The Kier molecular flexibility index (Phi) is 4.41. The minimum atomic E-state index is 0.193. The van der Waals surface area contributed by atoms with Crippen LogP contribution in [-0.2, 0) is 4.79 Å². The Morgan fingerprint density at radius 2 is 2.22 bits per heavy atom. The fraction of sp³-hybridized carbons (Fsp3) is 0.571. The molecule has 0 aromatic rings. The Morgan fingerprint density at radius 3 is 2.56 bits per heavy atom. The van der Waals surface area contributed by atoms with Crippen LogP contribution in [0, 0.1) is 0 Å². The zero-order valence-electron chi connectivity index (χ0n) is 5.78. The molecule has 0 heterocycles. The lowest BCUT2D eigenvalue weighted by atomic mass is 10.2. The number of rotatable bonds is 3. The SMILES string of the molecule is CC=C(Cl)CC(=O)CC. The number of carbonyl (C=O) groups is 1. The minimum Gasteiger partial charge on any atom is -0.299 e. The first kappa shape index (κ1) is 8.70. The maximum atomic E-state index is 10.7. The van der Waals surface area contributed by atoms with Crippen molar-refractivity contribution in [2.45, 2.75) is 26.7 Å². The van der Waals surface area contributed by atoms with Crippen LogP contribution in [0.5, 0.6) is 0 Å². The van der Waals surface area contributed by atoms with Crippen LogP contribution in [0.3, 0.4) is 0 Å². The molecule has 0 fully saturated rings. The average Bonchev–Trinajstić information content (AvgIpc) is 1.87. The van der Waals surface area contributed by atoms with E-state index in [9.17, 15) is 4.79 Å². The molecule has 0 bridgehead atoms. The van der Waals surface area contributed by atoms with Crippen molar-refractivity contribution in [1.82, 2.24) is 0 Å². The molecular formula is C7H11ClO. The summed E-state index contributed by atoms with van der Waals surface area (Å²) in [5, 5.41) is 0.641. The van der Waals surface area contributed by atoms with Crippen LogP contribution in [-0.4, -0.2) is 5.78 Å². The summed E-state index contributed by atoms with van der Waals surface area (Å²) < 4.78 is 0. The molecule has 0 rings (SSSR count). The van der Waals surface area contributed by atoms with E-state index in [2.05, 4.69) is 0 Å². The zero-order valence-corrected chi connectivity index (χ0v) is 6.53. The molecule has 0 saturated heterocycles. The highest BCUT2D eigenvalue weighted by Crippen LogP contribution is 2.07. The second kappa shape index (κ2) is 4.57. The third-order valence-electron chi connectivity index (χ3n) is 1.07. The highest BCUT2D eigenvalue weighted by atomic mass is 35.5. The first-order valence-electron chi connectivity index (χ1n) is 3.03. The highest BCUT2D eigenvalue weighted by molar-refractivity contribution is 6.30. The topological polar surface area (TPSA) is 17.1 Å². The maximum Gasteiger partial charge on any atom is 0.137 e. The largest absolute Gasteiger partial charge is 0.299 e. The monoisotopic (exact) mass is 146 g/mol. The Balaban J connectivity index is 3.60. The molecule has 1 nitrogen and oxygen atoms in total. The normalized spacial score (nSPS) is 11.7. The van der Waals surface area contributed by atoms with Gasteiger partial charge in [0.1, 0.15) is 5.78 Å². The van der Waals surface area contributed by atoms with Gasteiger partial charge in [0.05, 0.1) is 0 Å². The average molecular weight is 147 g/mol. The Labute approximate surface area is 60.7 Å². The summed E-state index contributed by atoms with van der Waals surface area (Å²) >= 11 is 5.58. The lowest BCUT2D eigenvalue weighted by Crippen LogP contribution is -1.93. The van der Waals surface area contributed by atoms with E-state index in [1.54, 1.807) is 6.08 Å². The predicted molar refractivity (Wildman–Crippen MR) is 39.5 cm³/mol. The molecule has 0 aliphatic carbocycles. The van der Waals surface area contributed by atoms with E-state index in [1.807, 2.05) is 13.8 Å². The van der Waals surface area contributed by atoms with Crippen LogP contribution in [0.25, 0.3) is 0 Å². The fourth-order valence-electron chi connectivity index (χ4n) is 0.415. The van der Waals surface area contributed by atoms with Gasteiger partial charge in [-0.25, -0.2) is 0 Å². The number of carbonyl (C=O) groups excluding carboxylic acids is 1. The summed E-state index contributed by atoms with van der Waals surface area (Å²) in [6.45, 7) is 3.66. The van der Waals surface area contributed by atoms with Gasteiger partial charge in [0.2, 0.25) is 0 Å². The molecule has 0 atom stereocenters. The molecule has 0 amide bonds. The Morgan fingerprint density at radius 1 is 1.67 bits per heavy atom. The van der Waals surface area contributed by atoms with Crippen molar-refractivity contribution in [2.75, 3.05) is 0 Å². The van der Waals surface area contributed by atoms with Gasteiger partial charge in [-0.2, -0.15) is 0 Å². The number of halogens is 1. The molecule has 0 N–H and O–H groups in total. The number of Topliss-reactive ketones (excluding diaryl/α,β-unsaturated/α-hetero) is 1. The quantitative estimate of drug-likeness (QED) is 0.598. The van der Waals surface area contributed by atoms with E-state index in [0.29, 0.717) is 17.9 Å². The van der Waals surface area contributed by atoms with Crippen LogP contribution >= 0.6 is 11.6 Å². The Bertz CT molecular complexity index is 127. The number of ketones is 1. The molecule has 0 aromatic heterocycles. The van der Waals surface area contributed by atoms with Crippen molar-refractivity contribution in [2.24, 2.45) is 0 Å². The summed E-state index contributed by atoms with van der Waals surface area (Å²) in [7, 11) is 0. The van der Waals surface area contributed by atoms with Crippen molar-refractivity contribution < 1.29 is 4.79 Å². The van der Waals surface area contributed by atoms with Crippen LogP contribution in [0.1, 0.15) is 26.7 Å². The smallest absolute Gasteiger partial charge is 0.137 e. The second-order valence-electron chi connectivity index (χ2n) is 1.80. The molecule has 2 heteroatoms. The summed E-state index contributed by atoms with van der Waals surface area (Å²) in [5.41, 5.74) is 0. The third-order valence-corrected chi connectivity index (χ3v) is 1.43. The molecule has 52 valence electrons.